The molecular weight excluding hydrogens is 843 g/mol. The van der Waals surface area contributed by atoms with Crippen LogP contribution in [0.25, 0.3) is 62.3 Å². The van der Waals surface area contributed by atoms with Crippen LogP contribution < -0.4 is 14.7 Å². The number of fused-ring (bicyclic) bond motifs is 9. The van der Waals surface area contributed by atoms with Crippen molar-refractivity contribution in [2.24, 2.45) is 0 Å². The highest BCUT2D eigenvalue weighted by atomic mass is 32.1. The average Bonchev–Trinajstić information content (AvgIpc) is 4.08. The minimum atomic E-state index is 0.858. The first kappa shape index (κ1) is 38.3. The molecule has 0 fully saturated rings. The molecular formula is C60H39N3OS2. The topological polar surface area (TPSA) is 22.9 Å². The lowest BCUT2D eigenvalue weighted by Gasteiger charge is -2.30. The van der Waals surface area contributed by atoms with Crippen LogP contribution >= 0.6 is 22.7 Å². The van der Waals surface area contributed by atoms with Gasteiger partial charge in [-0.05, 0) is 109 Å². The lowest BCUT2D eigenvalue weighted by atomic mass is 10.0. The second kappa shape index (κ2) is 15.8. The Morgan fingerprint density at radius 3 is 1.47 bits per heavy atom. The lowest BCUT2D eigenvalue weighted by molar-refractivity contribution is 0.669. The highest BCUT2D eigenvalue weighted by molar-refractivity contribution is 7.26. The van der Waals surface area contributed by atoms with Crippen LogP contribution in [0.4, 0.5) is 51.2 Å². The summed E-state index contributed by atoms with van der Waals surface area (Å²) in [6.45, 7) is 0. The molecule has 0 saturated carbocycles. The maximum atomic E-state index is 6.53. The van der Waals surface area contributed by atoms with Gasteiger partial charge in [-0.25, -0.2) is 0 Å². The largest absolute Gasteiger partial charge is 0.456 e. The molecule has 0 amide bonds. The van der Waals surface area contributed by atoms with Gasteiger partial charge < -0.3 is 19.1 Å². The SMILES string of the molecule is c1ccc(N(c2ccccc2)c2ccc3c(c2)sc2c(N(c4ccccc4)c4ccc5c(c4)oc4ccccc45)ccc(N(c4ccccc4)c4cccc5sc6ccccc6c45)c23)cc1. The molecule has 13 rings (SSSR count). The molecule has 0 bridgehead atoms. The minimum Gasteiger partial charge on any atom is -0.456 e. The number of anilines is 9. The Bertz CT molecular complexity index is 3860. The van der Waals surface area contributed by atoms with Crippen molar-refractivity contribution in [1.82, 2.24) is 0 Å². The van der Waals surface area contributed by atoms with Crippen molar-refractivity contribution in [2.75, 3.05) is 14.7 Å². The number of furan rings is 1. The zero-order valence-electron chi connectivity index (χ0n) is 35.6. The first-order valence-corrected chi connectivity index (χ1v) is 23.8. The third-order valence-corrected chi connectivity index (χ3v) is 14.9. The highest BCUT2D eigenvalue weighted by Crippen LogP contribution is 2.53. The molecule has 0 saturated heterocycles. The van der Waals surface area contributed by atoms with Crippen LogP contribution in [-0.4, -0.2) is 0 Å². The summed E-state index contributed by atoms with van der Waals surface area (Å²) in [4.78, 5) is 7.24. The van der Waals surface area contributed by atoms with E-state index in [-0.39, 0.29) is 0 Å². The van der Waals surface area contributed by atoms with Gasteiger partial charge in [0.05, 0.1) is 21.8 Å². The first-order valence-electron chi connectivity index (χ1n) is 22.2. The van der Waals surface area contributed by atoms with E-state index in [1.54, 1.807) is 0 Å². The second-order valence-electron chi connectivity index (χ2n) is 16.5. The van der Waals surface area contributed by atoms with E-state index in [1.165, 1.54) is 40.3 Å². The monoisotopic (exact) mass is 881 g/mol. The first-order chi connectivity index (χ1) is 32.7. The van der Waals surface area contributed by atoms with Gasteiger partial charge in [0.1, 0.15) is 11.2 Å². The number of hydrogen-bond acceptors (Lipinski definition) is 6. The van der Waals surface area contributed by atoms with E-state index in [9.17, 15) is 0 Å². The standard InChI is InChI=1S/C60H39N3OS2/c1-5-18-40(19-6-1)61(41-20-7-2-8-21-41)45-33-35-49-57(39-45)66-60-52(62(42-22-9-3-10-23-42)44-32-34-47-46-26-13-15-29-53(46)64-54(47)38-44)37-36-51(59(49)60)63(43-24-11-4-12-25-43)50-28-17-31-56-58(50)48-27-14-16-30-55(48)65-56/h1-39H. The normalized spacial score (nSPS) is 11.6. The molecule has 3 heterocycles. The van der Waals surface area contributed by atoms with E-state index in [2.05, 4.69) is 239 Å². The van der Waals surface area contributed by atoms with E-state index in [1.807, 2.05) is 34.8 Å². The Morgan fingerprint density at radius 2 is 0.773 bits per heavy atom. The summed E-state index contributed by atoms with van der Waals surface area (Å²) in [6.07, 6.45) is 0. The average molecular weight is 882 g/mol. The lowest BCUT2D eigenvalue weighted by Crippen LogP contribution is -2.13. The van der Waals surface area contributed by atoms with Gasteiger partial charge in [0.25, 0.3) is 0 Å². The Morgan fingerprint density at radius 1 is 0.273 bits per heavy atom. The minimum absolute atomic E-state index is 0.858. The van der Waals surface area contributed by atoms with Gasteiger partial charge in [0.2, 0.25) is 0 Å². The molecule has 0 aliphatic carbocycles. The Balaban J connectivity index is 1.11. The molecule has 0 N–H and O–H groups in total. The quantitative estimate of drug-likeness (QED) is 0.144. The van der Waals surface area contributed by atoms with Crippen molar-refractivity contribution in [3.8, 4) is 0 Å². The Hall–Kier alpha value is -8.16. The second-order valence-corrected chi connectivity index (χ2v) is 18.6. The van der Waals surface area contributed by atoms with Gasteiger partial charge in [0.15, 0.2) is 0 Å². The van der Waals surface area contributed by atoms with Gasteiger partial charge in [-0.15, -0.1) is 22.7 Å². The van der Waals surface area contributed by atoms with Crippen LogP contribution in [0.3, 0.4) is 0 Å². The molecule has 0 aliphatic rings. The molecule has 66 heavy (non-hydrogen) atoms. The van der Waals surface area contributed by atoms with Crippen molar-refractivity contribution in [2.45, 2.75) is 0 Å². The summed E-state index contributed by atoms with van der Waals surface area (Å²) in [6, 6.07) is 85.1. The van der Waals surface area contributed by atoms with Gasteiger partial charge >= 0.3 is 0 Å². The molecule has 6 heteroatoms. The third-order valence-electron chi connectivity index (χ3n) is 12.6. The maximum Gasteiger partial charge on any atom is 0.137 e. The summed E-state index contributed by atoms with van der Waals surface area (Å²) in [7, 11) is 0. The molecule has 0 atom stereocenters. The van der Waals surface area contributed by atoms with Crippen molar-refractivity contribution in [3.63, 3.8) is 0 Å². The third kappa shape index (κ3) is 6.33. The predicted molar refractivity (Wildman–Crippen MR) is 284 cm³/mol. The van der Waals surface area contributed by atoms with Crippen molar-refractivity contribution in [3.05, 3.63) is 237 Å². The van der Waals surface area contributed by atoms with E-state index in [4.69, 9.17) is 4.42 Å². The van der Waals surface area contributed by atoms with Crippen LogP contribution in [-0.2, 0) is 0 Å². The molecule has 10 aromatic carbocycles. The van der Waals surface area contributed by atoms with Gasteiger partial charge in [-0.1, -0.05) is 121 Å². The molecule has 0 aliphatic heterocycles. The highest BCUT2D eigenvalue weighted by Gasteiger charge is 2.27. The summed E-state index contributed by atoms with van der Waals surface area (Å²) in [5.74, 6) is 0. The number of rotatable bonds is 9. The fourth-order valence-corrected chi connectivity index (χ4v) is 12.1. The summed E-state index contributed by atoms with van der Waals surface area (Å²) < 4.78 is 11.5. The summed E-state index contributed by atoms with van der Waals surface area (Å²) in [5.41, 5.74) is 11.6. The van der Waals surface area contributed by atoms with Crippen LogP contribution in [0, 0.1) is 0 Å². The van der Waals surface area contributed by atoms with Gasteiger partial charge in [-0.2, -0.15) is 0 Å². The van der Waals surface area contributed by atoms with Gasteiger partial charge in [0, 0.05) is 86.6 Å². The fraction of sp³-hybridized carbons (Fsp3) is 0. The fourth-order valence-electron chi connectivity index (χ4n) is 9.72. The van der Waals surface area contributed by atoms with Crippen LogP contribution in [0.5, 0.6) is 0 Å². The number of nitrogens with zero attached hydrogens (tertiary/aromatic N) is 3. The Labute approximate surface area is 389 Å². The molecule has 13 aromatic rings. The molecule has 312 valence electrons. The number of hydrogen-bond donors (Lipinski definition) is 0. The molecule has 4 nitrogen and oxygen atoms in total. The number of para-hydroxylation sites is 5. The number of benzene rings is 10. The molecule has 0 unspecified atom stereocenters. The zero-order chi connectivity index (χ0) is 43.6. The van der Waals surface area contributed by atoms with Gasteiger partial charge in [-0.3, -0.25) is 0 Å². The van der Waals surface area contributed by atoms with E-state index >= 15 is 0 Å². The molecule has 3 aromatic heterocycles. The van der Waals surface area contributed by atoms with E-state index in [0.717, 1.165) is 73.1 Å². The van der Waals surface area contributed by atoms with Crippen LogP contribution in [0.15, 0.2) is 241 Å². The van der Waals surface area contributed by atoms with Crippen molar-refractivity contribution < 1.29 is 4.42 Å². The van der Waals surface area contributed by atoms with E-state index in [0.29, 0.717) is 0 Å². The predicted octanol–water partition coefficient (Wildman–Crippen LogP) is 18.7. The summed E-state index contributed by atoms with van der Waals surface area (Å²) >= 11 is 3.70. The van der Waals surface area contributed by atoms with E-state index < -0.39 is 0 Å². The molecule has 0 spiro atoms. The maximum absolute atomic E-state index is 6.53. The van der Waals surface area contributed by atoms with Crippen molar-refractivity contribution >= 4 is 136 Å². The Kier molecular flexibility index (Phi) is 9.18. The summed E-state index contributed by atoms with van der Waals surface area (Å²) in [5, 5.41) is 7.13. The zero-order valence-corrected chi connectivity index (χ0v) is 37.2. The smallest absolute Gasteiger partial charge is 0.137 e. The molecule has 0 radical (unpaired) electrons. The van der Waals surface area contributed by atoms with Crippen LogP contribution in [0.1, 0.15) is 0 Å². The van der Waals surface area contributed by atoms with Crippen LogP contribution in [0.2, 0.25) is 0 Å². The van der Waals surface area contributed by atoms with Crippen molar-refractivity contribution in [1.29, 1.82) is 0 Å². The number of thiophene rings is 2.